The molecule has 7 heteroatoms. The Kier molecular flexibility index (Phi) is 6.16. The Morgan fingerprint density at radius 1 is 1.21 bits per heavy atom. The van der Waals surface area contributed by atoms with Crippen molar-refractivity contribution < 1.29 is 14.4 Å². The van der Waals surface area contributed by atoms with Gasteiger partial charge in [0.25, 0.3) is 0 Å². The van der Waals surface area contributed by atoms with E-state index >= 15 is 0 Å². The number of pyridine rings is 1. The summed E-state index contributed by atoms with van der Waals surface area (Å²) in [5.41, 5.74) is 2.83. The van der Waals surface area contributed by atoms with Gasteiger partial charge in [0.1, 0.15) is 17.9 Å². The van der Waals surface area contributed by atoms with Crippen LogP contribution in [0.4, 0.5) is 4.79 Å². The highest BCUT2D eigenvalue weighted by Crippen LogP contribution is 2.17. The number of amides is 1. The van der Waals surface area contributed by atoms with E-state index in [1.165, 1.54) is 4.90 Å². The number of hydrogen-bond donors (Lipinski definition) is 1. The fourth-order valence-electron chi connectivity index (χ4n) is 2.67. The lowest BCUT2D eigenvalue weighted by atomic mass is 10.1. The number of nitrogens with zero attached hydrogens (tertiary/aromatic N) is 3. The van der Waals surface area contributed by atoms with Crippen molar-refractivity contribution >= 4 is 22.7 Å². The number of fused-ring (bicyclic) bond motifs is 1. The maximum atomic E-state index is 12.0. The van der Waals surface area contributed by atoms with Crippen molar-refractivity contribution in [1.82, 2.24) is 14.9 Å². The normalized spacial score (nSPS) is 12.1. The highest BCUT2D eigenvalue weighted by Gasteiger charge is 2.19. The molecule has 0 unspecified atom stereocenters. The molecule has 0 aliphatic heterocycles. The van der Waals surface area contributed by atoms with Crippen LogP contribution in [0.25, 0.3) is 10.9 Å². The fraction of sp³-hybridized carbons (Fsp3) is 0.318. The second kappa shape index (κ2) is 8.77. The minimum absolute atomic E-state index is 0.244. The highest BCUT2D eigenvalue weighted by molar-refractivity contribution is 6.13. The Bertz CT molecular complexity index is 957. The van der Waals surface area contributed by atoms with Crippen LogP contribution >= 0.6 is 0 Å². The molecule has 1 aromatic carbocycles. The minimum Gasteiger partial charge on any atom is -0.444 e. The Balaban J connectivity index is 1.72. The smallest absolute Gasteiger partial charge is 0.410 e. The van der Waals surface area contributed by atoms with Crippen LogP contribution in [-0.2, 0) is 9.57 Å². The van der Waals surface area contributed by atoms with Gasteiger partial charge in [0.15, 0.2) is 0 Å². The minimum atomic E-state index is -0.532. The van der Waals surface area contributed by atoms with E-state index in [1.807, 2.05) is 63.2 Å². The molecule has 2 heterocycles. The molecule has 2 aromatic heterocycles. The van der Waals surface area contributed by atoms with Gasteiger partial charge in [-0.25, -0.2) is 4.79 Å². The number of ether oxygens (including phenoxy) is 1. The van der Waals surface area contributed by atoms with Gasteiger partial charge in [-0.1, -0.05) is 35.5 Å². The molecule has 0 atom stereocenters. The third-order valence-corrected chi connectivity index (χ3v) is 4.11. The van der Waals surface area contributed by atoms with Gasteiger partial charge >= 0.3 is 6.09 Å². The van der Waals surface area contributed by atoms with Gasteiger partial charge in [-0.3, -0.25) is 4.98 Å². The van der Waals surface area contributed by atoms with Crippen LogP contribution < -0.4 is 0 Å². The van der Waals surface area contributed by atoms with Crippen molar-refractivity contribution in [2.24, 2.45) is 5.16 Å². The van der Waals surface area contributed by atoms with Crippen LogP contribution in [0.3, 0.4) is 0 Å². The Morgan fingerprint density at radius 3 is 2.66 bits per heavy atom. The Hall–Kier alpha value is -3.35. The van der Waals surface area contributed by atoms with Gasteiger partial charge in [-0.15, -0.1) is 0 Å². The van der Waals surface area contributed by atoms with Crippen LogP contribution in [0, 0.1) is 0 Å². The topological polar surface area (TPSA) is 79.8 Å². The van der Waals surface area contributed by atoms with E-state index in [0.29, 0.717) is 12.3 Å². The van der Waals surface area contributed by atoms with Gasteiger partial charge in [-0.2, -0.15) is 0 Å². The predicted molar refractivity (Wildman–Crippen MR) is 113 cm³/mol. The van der Waals surface area contributed by atoms with Crippen LogP contribution in [0.15, 0.2) is 60.0 Å². The van der Waals surface area contributed by atoms with E-state index in [2.05, 4.69) is 15.1 Å². The molecule has 0 spiro atoms. The van der Waals surface area contributed by atoms with Crippen molar-refractivity contribution in [2.75, 3.05) is 20.2 Å². The molecule has 1 N–H and O–H groups in total. The highest BCUT2D eigenvalue weighted by atomic mass is 16.6. The second-order valence-electron chi connectivity index (χ2n) is 7.69. The molecule has 0 aliphatic rings. The Labute approximate surface area is 170 Å². The van der Waals surface area contributed by atoms with Crippen molar-refractivity contribution in [3.05, 3.63) is 66.1 Å². The summed E-state index contributed by atoms with van der Waals surface area (Å²) in [5, 5.41) is 5.40. The number of carbonyl (C=O) groups is 1. The van der Waals surface area contributed by atoms with Crippen LogP contribution in [-0.4, -0.2) is 52.5 Å². The lowest BCUT2D eigenvalue weighted by Crippen LogP contribution is -2.35. The first-order valence-electron chi connectivity index (χ1n) is 9.46. The number of aromatic amines is 1. The van der Waals surface area contributed by atoms with E-state index in [-0.39, 0.29) is 6.61 Å². The third kappa shape index (κ3) is 5.57. The van der Waals surface area contributed by atoms with Crippen LogP contribution in [0.2, 0.25) is 0 Å². The molecule has 0 aliphatic carbocycles. The number of aromatic nitrogens is 2. The van der Waals surface area contributed by atoms with Gasteiger partial charge < -0.3 is 19.5 Å². The second-order valence-corrected chi connectivity index (χ2v) is 7.69. The largest absolute Gasteiger partial charge is 0.444 e. The first-order chi connectivity index (χ1) is 13.8. The molecule has 0 bridgehead atoms. The summed E-state index contributed by atoms with van der Waals surface area (Å²) >= 11 is 0. The number of H-pyrrole nitrogens is 1. The lowest BCUT2D eigenvalue weighted by Gasteiger charge is -2.24. The number of rotatable bonds is 6. The zero-order valence-corrected chi connectivity index (χ0v) is 17.2. The maximum absolute atomic E-state index is 12.0. The van der Waals surface area contributed by atoms with Crippen molar-refractivity contribution in [2.45, 2.75) is 26.4 Å². The SMILES string of the molecule is CN(CCON=C(c1ccccc1)c1cc2ccncc2[nH]1)C(=O)OC(C)(C)C. The number of oxime groups is 1. The average molecular weight is 394 g/mol. The van der Waals surface area contributed by atoms with Crippen molar-refractivity contribution in [3.8, 4) is 0 Å². The summed E-state index contributed by atoms with van der Waals surface area (Å²) in [5.74, 6) is 0. The van der Waals surface area contributed by atoms with Crippen molar-refractivity contribution in [3.63, 3.8) is 0 Å². The summed E-state index contributed by atoms with van der Waals surface area (Å²) in [4.78, 5) is 26.5. The van der Waals surface area contributed by atoms with E-state index in [1.54, 1.807) is 19.4 Å². The molecule has 0 fully saturated rings. The number of carbonyl (C=O) groups excluding carboxylic acids is 1. The summed E-state index contributed by atoms with van der Waals surface area (Å²) in [7, 11) is 1.67. The molecule has 29 heavy (non-hydrogen) atoms. The molecule has 0 saturated heterocycles. The van der Waals surface area contributed by atoms with Crippen LogP contribution in [0.5, 0.6) is 0 Å². The summed E-state index contributed by atoms with van der Waals surface area (Å²) < 4.78 is 5.33. The zero-order valence-electron chi connectivity index (χ0n) is 17.2. The van der Waals surface area contributed by atoms with Gasteiger partial charge in [-0.05, 0) is 32.9 Å². The molecule has 3 aromatic rings. The van der Waals surface area contributed by atoms with Gasteiger partial charge in [0, 0.05) is 24.2 Å². The standard InChI is InChI=1S/C22H26N4O3/c1-22(2,3)29-21(27)26(4)12-13-28-25-20(16-8-6-5-7-9-16)18-14-17-10-11-23-15-19(17)24-18/h5-11,14-15,24H,12-13H2,1-4H3. The number of nitrogens with one attached hydrogen (secondary N) is 1. The number of likely N-dealkylation sites (N-methyl/N-ethyl adjacent to an activating group) is 1. The summed E-state index contributed by atoms with van der Waals surface area (Å²) in [6.07, 6.45) is 3.14. The van der Waals surface area contributed by atoms with E-state index in [4.69, 9.17) is 9.57 Å². The van der Waals surface area contributed by atoms with E-state index in [9.17, 15) is 4.79 Å². The zero-order chi connectivity index (χ0) is 20.9. The van der Waals surface area contributed by atoms with Crippen LogP contribution in [0.1, 0.15) is 32.0 Å². The molecule has 152 valence electrons. The Morgan fingerprint density at radius 2 is 1.97 bits per heavy atom. The molecule has 0 saturated carbocycles. The number of hydrogen-bond acceptors (Lipinski definition) is 5. The van der Waals surface area contributed by atoms with Gasteiger partial charge in [0.2, 0.25) is 0 Å². The number of benzene rings is 1. The van der Waals surface area contributed by atoms with E-state index in [0.717, 1.165) is 22.2 Å². The van der Waals surface area contributed by atoms with Crippen molar-refractivity contribution in [1.29, 1.82) is 0 Å². The quantitative estimate of drug-likeness (QED) is 0.386. The third-order valence-electron chi connectivity index (χ3n) is 4.11. The van der Waals surface area contributed by atoms with Gasteiger partial charge in [0.05, 0.1) is 24.0 Å². The predicted octanol–water partition coefficient (Wildman–Crippen LogP) is 4.20. The summed E-state index contributed by atoms with van der Waals surface area (Å²) in [6, 6.07) is 13.7. The molecular formula is C22H26N4O3. The first kappa shape index (κ1) is 20.4. The average Bonchev–Trinajstić information content (AvgIpc) is 3.10. The first-order valence-corrected chi connectivity index (χ1v) is 9.46. The fourth-order valence-corrected chi connectivity index (χ4v) is 2.67. The molecular weight excluding hydrogens is 368 g/mol. The molecule has 0 radical (unpaired) electrons. The summed E-state index contributed by atoms with van der Waals surface area (Å²) in [6.45, 7) is 6.11. The molecule has 3 rings (SSSR count). The molecule has 1 amide bonds. The maximum Gasteiger partial charge on any atom is 0.410 e. The lowest BCUT2D eigenvalue weighted by molar-refractivity contribution is 0.0236. The van der Waals surface area contributed by atoms with E-state index < -0.39 is 11.7 Å². The molecule has 7 nitrogen and oxygen atoms in total. The monoisotopic (exact) mass is 394 g/mol.